The molecule has 0 spiro atoms. The van der Waals surface area contributed by atoms with E-state index < -0.39 is 0 Å². The van der Waals surface area contributed by atoms with Crippen LogP contribution in [-0.4, -0.2) is 13.7 Å². The lowest BCUT2D eigenvalue weighted by Gasteiger charge is -2.16. The molecule has 0 saturated carbocycles. The maximum Gasteiger partial charge on any atom is 0.163 e. The van der Waals surface area contributed by atoms with Gasteiger partial charge in [0.15, 0.2) is 11.5 Å². The molecule has 1 unspecified atom stereocenters. The molecule has 20 heavy (non-hydrogen) atoms. The van der Waals surface area contributed by atoms with Crippen molar-refractivity contribution in [2.45, 2.75) is 26.8 Å². The Bertz CT molecular complexity index is 565. The second-order valence-corrected chi connectivity index (χ2v) is 5.93. The average molecular weight is 291 g/mol. The van der Waals surface area contributed by atoms with Crippen LogP contribution < -0.4 is 14.8 Å². The molecule has 0 radical (unpaired) electrons. The number of thiophene rings is 1. The molecule has 3 nitrogen and oxygen atoms in total. The highest BCUT2D eigenvalue weighted by molar-refractivity contribution is 7.12. The van der Waals surface area contributed by atoms with E-state index in [2.05, 4.69) is 31.3 Å². The van der Waals surface area contributed by atoms with Crippen LogP contribution in [0.4, 0.5) is 5.69 Å². The van der Waals surface area contributed by atoms with E-state index in [0.717, 1.165) is 17.2 Å². The van der Waals surface area contributed by atoms with Crippen molar-refractivity contribution in [3.8, 4) is 11.5 Å². The van der Waals surface area contributed by atoms with Gasteiger partial charge in [-0.2, -0.15) is 0 Å². The number of anilines is 1. The van der Waals surface area contributed by atoms with Gasteiger partial charge in [0.2, 0.25) is 0 Å². The van der Waals surface area contributed by atoms with Crippen molar-refractivity contribution in [1.82, 2.24) is 0 Å². The molecule has 1 aromatic heterocycles. The van der Waals surface area contributed by atoms with E-state index >= 15 is 0 Å². The number of aryl methyl sites for hydroxylation is 1. The Morgan fingerprint density at radius 2 is 2.00 bits per heavy atom. The minimum Gasteiger partial charge on any atom is -0.493 e. The second-order valence-electron chi connectivity index (χ2n) is 4.61. The van der Waals surface area contributed by atoms with Crippen molar-refractivity contribution in [3.05, 3.63) is 40.1 Å². The summed E-state index contributed by atoms with van der Waals surface area (Å²) in [7, 11) is 1.65. The highest BCUT2D eigenvalue weighted by atomic mass is 32.1. The van der Waals surface area contributed by atoms with Gasteiger partial charge in [-0.15, -0.1) is 11.3 Å². The molecule has 0 fully saturated rings. The van der Waals surface area contributed by atoms with Crippen LogP contribution in [0.2, 0.25) is 0 Å². The summed E-state index contributed by atoms with van der Waals surface area (Å²) in [6, 6.07) is 10.5. The van der Waals surface area contributed by atoms with Gasteiger partial charge in [-0.25, -0.2) is 0 Å². The van der Waals surface area contributed by atoms with Gasteiger partial charge in [0.25, 0.3) is 0 Å². The average Bonchev–Trinajstić information content (AvgIpc) is 2.86. The summed E-state index contributed by atoms with van der Waals surface area (Å²) >= 11 is 1.82. The minimum absolute atomic E-state index is 0.275. The van der Waals surface area contributed by atoms with Gasteiger partial charge in [-0.1, -0.05) is 0 Å². The Morgan fingerprint density at radius 1 is 1.20 bits per heavy atom. The number of rotatable bonds is 6. The highest BCUT2D eigenvalue weighted by Gasteiger charge is 2.10. The van der Waals surface area contributed by atoms with E-state index in [-0.39, 0.29) is 6.04 Å². The van der Waals surface area contributed by atoms with Crippen LogP contribution in [-0.2, 0) is 0 Å². The molecule has 2 rings (SSSR count). The third-order valence-corrected chi connectivity index (χ3v) is 4.22. The third kappa shape index (κ3) is 3.45. The van der Waals surface area contributed by atoms with E-state index in [0.29, 0.717) is 6.61 Å². The van der Waals surface area contributed by atoms with Crippen LogP contribution in [0.3, 0.4) is 0 Å². The van der Waals surface area contributed by atoms with Crippen molar-refractivity contribution >= 4 is 17.0 Å². The Morgan fingerprint density at radius 3 is 2.60 bits per heavy atom. The third-order valence-electron chi connectivity index (χ3n) is 3.03. The van der Waals surface area contributed by atoms with E-state index in [4.69, 9.17) is 9.47 Å². The molecule has 0 aliphatic carbocycles. The maximum absolute atomic E-state index is 5.60. The number of hydrogen-bond acceptors (Lipinski definition) is 4. The summed E-state index contributed by atoms with van der Waals surface area (Å²) in [5, 5.41) is 3.50. The van der Waals surface area contributed by atoms with Crippen molar-refractivity contribution < 1.29 is 9.47 Å². The quantitative estimate of drug-likeness (QED) is 0.841. The van der Waals surface area contributed by atoms with Crippen LogP contribution in [0.5, 0.6) is 11.5 Å². The van der Waals surface area contributed by atoms with Gasteiger partial charge in [-0.05, 0) is 45.0 Å². The van der Waals surface area contributed by atoms with E-state index in [9.17, 15) is 0 Å². The van der Waals surface area contributed by atoms with Gasteiger partial charge >= 0.3 is 0 Å². The molecule has 0 aliphatic rings. The first kappa shape index (κ1) is 14.7. The SMILES string of the molecule is CCOc1cc(NC(C)c2ccc(C)s2)ccc1OC. The first-order chi connectivity index (χ1) is 9.63. The smallest absolute Gasteiger partial charge is 0.163 e. The number of nitrogens with one attached hydrogen (secondary N) is 1. The van der Waals surface area contributed by atoms with E-state index in [1.165, 1.54) is 9.75 Å². The van der Waals surface area contributed by atoms with Gasteiger partial charge in [0.05, 0.1) is 19.8 Å². The molecule has 108 valence electrons. The molecule has 4 heteroatoms. The van der Waals surface area contributed by atoms with Gasteiger partial charge in [0, 0.05) is 21.5 Å². The zero-order valence-electron chi connectivity index (χ0n) is 12.4. The highest BCUT2D eigenvalue weighted by Crippen LogP contribution is 2.32. The molecule has 1 aromatic carbocycles. The van der Waals surface area contributed by atoms with Gasteiger partial charge in [-0.3, -0.25) is 0 Å². The summed E-state index contributed by atoms with van der Waals surface area (Å²) < 4.78 is 10.9. The fourth-order valence-electron chi connectivity index (χ4n) is 2.04. The minimum atomic E-state index is 0.275. The largest absolute Gasteiger partial charge is 0.493 e. The molecule has 0 amide bonds. The number of hydrogen-bond donors (Lipinski definition) is 1. The summed E-state index contributed by atoms with van der Waals surface area (Å²) in [6.45, 7) is 6.88. The second kappa shape index (κ2) is 6.66. The number of benzene rings is 1. The van der Waals surface area contributed by atoms with Gasteiger partial charge in [0.1, 0.15) is 0 Å². The topological polar surface area (TPSA) is 30.5 Å². The summed E-state index contributed by atoms with van der Waals surface area (Å²) in [5.74, 6) is 1.53. The van der Waals surface area contributed by atoms with Crippen molar-refractivity contribution in [3.63, 3.8) is 0 Å². The van der Waals surface area contributed by atoms with Crippen LogP contribution >= 0.6 is 11.3 Å². The molecule has 1 N–H and O–H groups in total. The zero-order valence-corrected chi connectivity index (χ0v) is 13.2. The fraction of sp³-hybridized carbons (Fsp3) is 0.375. The molecule has 1 atom stereocenters. The normalized spacial score (nSPS) is 12.0. The zero-order chi connectivity index (χ0) is 14.5. The Kier molecular flexibility index (Phi) is 4.90. The van der Waals surface area contributed by atoms with Crippen molar-refractivity contribution in [1.29, 1.82) is 0 Å². The van der Waals surface area contributed by atoms with E-state index in [1.54, 1.807) is 7.11 Å². The molecule has 0 aliphatic heterocycles. The van der Waals surface area contributed by atoms with Crippen molar-refractivity contribution in [2.75, 3.05) is 19.0 Å². The van der Waals surface area contributed by atoms with Crippen LogP contribution in [0.25, 0.3) is 0 Å². The van der Waals surface area contributed by atoms with Crippen LogP contribution in [0.1, 0.15) is 29.6 Å². The Balaban J connectivity index is 2.14. The lowest BCUT2D eigenvalue weighted by Crippen LogP contribution is -2.05. The fourth-order valence-corrected chi connectivity index (χ4v) is 2.92. The van der Waals surface area contributed by atoms with Crippen LogP contribution in [0, 0.1) is 6.92 Å². The summed E-state index contributed by atoms with van der Waals surface area (Å²) in [4.78, 5) is 2.66. The maximum atomic E-state index is 5.60. The number of ether oxygens (including phenoxy) is 2. The molecular formula is C16H21NO2S. The molecule has 2 aromatic rings. The predicted octanol–water partition coefficient (Wildman–Crippen LogP) is 4.64. The molecular weight excluding hydrogens is 270 g/mol. The first-order valence-electron chi connectivity index (χ1n) is 6.77. The standard InChI is InChI=1S/C16H21NO2S/c1-5-19-15-10-13(7-8-14(15)18-4)17-12(3)16-9-6-11(2)20-16/h6-10,12,17H,5H2,1-4H3. The Labute approximate surface area is 124 Å². The molecule has 0 bridgehead atoms. The summed E-state index contributed by atoms with van der Waals surface area (Å²) in [5.41, 5.74) is 1.04. The molecule has 1 heterocycles. The van der Waals surface area contributed by atoms with Gasteiger partial charge < -0.3 is 14.8 Å². The van der Waals surface area contributed by atoms with Crippen molar-refractivity contribution in [2.24, 2.45) is 0 Å². The number of methoxy groups -OCH3 is 1. The monoisotopic (exact) mass is 291 g/mol. The van der Waals surface area contributed by atoms with E-state index in [1.807, 2.05) is 36.5 Å². The molecule has 0 saturated heterocycles. The predicted molar refractivity (Wildman–Crippen MR) is 85.3 cm³/mol. The lowest BCUT2D eigenvalue weighted by molar-refractivity contribution is 0.311. The summed E-state index contributed by atoms with van der Waals surface area (Å²) in [6.07, 6.45) is 0. The first-order valence-corrected chi connectivity index (χ1v) is 7.59. The lowest BCUT2D eigenvalue weighted by atomic mass is 10.2. The van der Waals surface area contributed by atoms with Crippen LogP contribution in [0.15, 0.2) is 30.3 Å². The Hall–Kier alpha value is -1.68.